The molecule has 1 aliphatic rings. The van der Waals surface area contributed by atoms with Crippen LogP contribution in [0.15, 0.2) is 14.6 Å². The van der Waals surface area contributed by atoms with Gasteiger partial charge >= 0.3 is 6.18 Å². The predicted molar refractivity (Wildman–Crippen MR) is 77.4 cm³/mol. The topological polar surface area (TPSA) is 49.0 Å². The maximum atomic E-state index is 12.6. The molecule has 21 heavy (non-hydrogen) atoms. The Balaban J connectivity index is 1.78. The highest BCUT2D eigenvalue weighted by molar-refractivity contribution is 9.11. The second kappa shape index (κ2) is 5.36. The summed E-state index contributed by atoms with van der Waals surface area (Å²) < 4.78 is 39.2. The van der Waals surface area contributed by atoms with E-state index in [0.717, 1.165) is 3.79 Å². The van der Waals surface area contributed by atoms with Crippen molar-refractivity contribution in [3.8, 4) is 0 Å². The van der Waals surface area contributed by atoms with Crippen molar-refractivity contribution in [1.82, 2.24) is 14.9 Å². The third kappa shape index (κ3) is 3.14. The molecule has 2 aromatic heterocycles. The Kier molecular flexibility index (Phi) is 3.83. The first kappa shape index (κ1) is 15.0. The number of likely N-dealkylation sites (tertiary alicyclic amines) is 1. The Morgan fingerprint density at radius 3 is 2.95 bits per heavy atom. The number of nitrogens with one attached hydrogen (secondary N) is 1. The zero-order valence-electron chi connectivity index (χ0n) is 10.7. The van der Waals surface area contributed by atoms with Gasteiger partial charge in [0.05, 0.1) is 21.8 Å². The van der Waals surface area contributed by atoms with Gasteiger partial charge in [-0.1, -0.05) is 0 Å². The van der Waals surface area contributed by atoms with E-state index in [1.807, 2.05) is 0 Å². The van der Waals surface area contributed by atoms with Gasteiger partial charge in [0.15, 0.2) is 0 Å². The highest BCUT2D eigenvalue weighted by Gasteiger charge is 2.43. The first-order valence-corrected chi connectivity index (χ1v) is 7.91. The minimum atomic E-state index is -4.15. The summed E-state index contributed by atoms with van der Waals surface area (Å²) in [5.41, 5.74) is 0.314. The van der Waals surface area contributed by atoms with E-state index in [4.69, 9.17) is 0 Å². The fraction of sp³-hybridized carbons (Fsp3) is 0.500. The minimum Gasteiger partial charge on any atom is -0.308 e. The number of H-pyrrole nitrogens is 1. The Morgan fingerprint density at radius 1 is 1.52 bits per heavy atom. The minimum absolute atomic E-state index is 0.0431. The van der Waals surface area contributed by atoms with Crippen LogP contribution in [0.25, 0.3) is 10.2 Å². The number of rotatable bonds is 2. The normalized spacial score (nSPS) is 20.5. The van der Waals surface area contributed by atoms with Crippen LogP contribution in [0.3, 0.4) is 0 Å². The van der Waals surface area contributed by atoms with E-state index in [1.165, 1.54) is 11.3 Å². The van der Waals surface area contributed by atoms with E-state index in [9.17, 15) is 18.0 Å². The number of alkyl halides is 3. The van der Waals surface area contributed by atoms with E-state index in [1.54, 1.807) is 11.0 Å². The van der Waals surface area contributed by atoms with Gasteiger partial charge in [-0.2, -0.15) is 13.2 Å². The summed E-state index contributed by atoms with van der Waals surface area (Å²) in [5.74, 6) is -0.885. The fourth-order valence-corrected chi connectivity index (χ4v) is 3.91. The van der Waals surface area contributed by atoms with Gasteiger partial charge in [0, 0.05) is 6.54 Å². The molecule has 1 fully saturated rings. The smallest absolute Gasteiger partial charge is 0.308 e. The fourth-order valence-electron chi connectivity index (χ4n) is 2.49. The Bertz CT molecular complexity index is 727. The van der Waals surface area contributed by atoms with Gasteiger partial charge in [0.25, 0.3) is 5.56 Å². The SMILES string of the molecule is O=c1[nH]c(CN2CCC(C(F)(F)F)C2)nc2cc(Br)sc12. The lowest BCUT2D eigenvalue weighted by Gasteiger charge is -2.17. The van der Waals surface area contributed by atoms with Crippen molar-refractivity contribution in [2.45, 2.75) is 19.1 Å². The third-order valence-corrected chi connectivity index (χ3v) is 5.14. The average molecular weight is 382 g/mol. The van der Waals surface area contributed by atoms with Gasteiger partial charge in [-0.15, -0.1) is 11.3 Å². The van der Waals surface area contributed by atoms with E-state index in [-0.39, 0.29) is 25.1 Å². The number of aromatic nitrogens is 2. The van der Waals surface area contributed by atoms with Gasteiger partial charge in [0.2, 0.25) is 0 Å². The zero-order valence-corrected chi connectivity index (χ0v) is 13.1. The van der Waals surface area contributed by atoms with E-state index in [0.29, 0.717) is 22.6 Å². The molecule has 2 aromatic rings. The number of aromatic amines is 1. The summed E-state index contributed by atoms with van der Waals surface area (Å²) in [4.78, 5) is 20.5. The molecule has 0 aliphatic carbocycles. The van der Waals surface area contributed by atoms with Crippen LogP contribution in [0.5, 0.6) is 0 Å². The molecule has 4 nitrogen and oxygen atoms in total. The molecule has 1 aliphatic heterocycles. The number of hydrogen-bond donors (Lipinski definition) is 1. The van der Waals surface area contributed by atoms with Crippen LogP contribution in [0, 0.1) is 5.92 Å². The number of halogens is 4. The van der Waals surface area contributed by atoms with Gasteiger partial charge in [-0.3, -0.25) is 9.69 Å². The van der Waals surface area contributed by atoms with Crippen molar-refractivity contribution in [2.75, 3.05) is 13.1 Å². The van der Waals surface area contributed by atoms with E-state index < -0.39 is 12.1 Å². The van der Waals surface area contributed by atoms with Crippen LogP contribution in [0.1, 0.15) is 12.2 Å². The molecule has 1 unspecified atom stereocenters. The molecule has 0 aromatic carbocycles. The standard InChI is InChI=1S/C12H11BrF3N3OS/c13-8-3-7-10(21-8)11(20)18-9(17-7)5-19-2-1-6(4-19)12(14,15)16/h3,6H,1-2,4-5H2,(H,17,18,20). The molecule has 3 heterocycles. The Labute approximate surface area is 130 Å². The summed E-state index contributed by atoms with van der Waals surface area (Å²) in [6.45, 7) is 0.545. The molecular weight excluding hydrogens is 371 g/mol. The Hall–Kier alpha value is -0.930. The lowest BCUT2D eigenvalue weighted by atomic mass is 10.1. The third-order valence-electron chi connectivity index (χ3n) is 3.51. The van der Waals surface area contributed by atoms with Crippen LogP contribution < -0.4 is 5.56 Å². The molecule has 0 spiro atoms. The molecule has 0 amide bonds. The summed E-state index contributed by atoms with van der Waals surface area (Å²) in [6.07, 6.45) is -4.06. The maximum Gasteiger partial charge on any atom is 0.393 e. The summed E-state index contributed by atoms with van der Waals surface area (Å²) in [7, 11) is 0. The second-order valence-corrected chi connectivity index (χ2v) is 7.47. The van der Waals surface area contributed by atoms with Crippen molar-refractivity contribution in [3.63, 3.8) is 0 Å². The molecule has 1 atom stereocenters. The molecule has 0 bridgehead atoms. The lowest BCUT2D eigenvalue weighted by molar-refractivity contribution is -0.170. The van der Waals surface area contributed by atoms with Crippen molar-refractivity contribution >= 4 is 37.5 Å². The highest BCUT2D eigenvalue weighted by Crippen LogP contribution is 2.33. The van der Waals surface area contributed by atoms with E-state index in [2.05, 4.69) is 25.9 Å². The monoisotopic (exact) mass is 381 g/mol. The molecule has 0 saturated carbocycles. The molecule has 3 rings (SSSR count). The Morgan fingerprint density at radius 2 is 2.29 bits per heavy atom. The average Bonchev–Trinajstić information content (AvgIpc) is 2.95. The summed E-state index contributed by atoms with van der Waals surface area (Å²) in [5, 5.41) is 0. The van der Waals surface area contributed by atoms with Crippen LogP contribution in [0.4, 0.5) is 13.2 Å². The summed E-state index contributed by atoms with van der Waals surface area (Å²) >= 11 is 4.57. The number of fused-ring (bicyclic) bond motifs is 1. The van der Waals surface area contributed by atoms with Gasteiger partial charge in [-0.05, 0) is 35.0 Å². The lowest BCUT2D eigenvalue weighted by Crippen LogP contribution is -2.28. The molecule has 1 N–H and O–H groups in total. The van der Waals surface area contributed by atoms with Crippen molar-refractivity contribution in [3.05, 3.63) is 26.0 Å². The van der Waals surface area contributed by atoms with Crippen LogP contribution >= 0.6 is 27.3 Å². The van der Waals surface area contributed by atoms with Gasteiger partial charge < -0.3 is 4.98 Å². The largest absolute Gasteiger partial charge is 0.393 e. The molecule has 0 radical (unpaired) electrons. The van der Waals surface area contributed by atoms with Crippen molar-refractivity contribution in [1.29, 1.82) is 0 Å². The molecule has 1 saturated heterocycles. The second-order valence-electron chi connectivity index (χ2n) is 5.04. The van der Waals surface area contributed by atoms with Crippen molar-refractivity contribution in [2.24, 2.45) is 5.92 Å². The van der Waals surface area contributed by atoms with Gasteiger partial charge in [-0.25, -0.2) is 4.98 Å². The number of thiophene rings is 1. The van der Waals surface area contributed by atoms with Crippen LogP contribution in [-0.4, -0.2) is 34.1 Å². The molecule has 114 valence electrons. The predicted octanol–water partition coefficient (Wildman–Crippen LogP) is 3.13. The number of hydrogen-bond acceptors (Lipinski definition) is 4. The zero-order chi connectivity index (χ0) is 15.2. The quantitative estimate of drug-likeness (QED) is 0.869. The first-order chi connectivity index (χ1) is 9.83. The molecule has 9 heteroatoms. The van der Waals surface area contributed by atoms with Crippen LogP contribution in [-0.2, 0) is 6.54 Å². The first-order valence-electron chi connectivity index (χ1n) is 6.30. The summed E-state index contributed by atoms with van der Waals surface area (Å²) in [6, 6.07) is 1.74. The van der Waals surface area contributed by atoms with Gasteiger partial charge in [0.1, 0.15) is 10.5 Å². The number of nitrogens with zero attached hydrogens (tertiary/aromatic N) is 2. The molecular formula is C12H11BrF3N3OS. The van der Waals surface area contributed by atoms with Crippen molar-refractivity contribution < 1.29 is 13.2 Å². The highest BCUT2D eigenvalue weighted by atomic mass is 79.9. The van der Waals surface area contributed by atoms with Crippen LogP contribution in [0.2, 0.25) is 0 Å². The van der Waals surface area contributed by atoms with E-state index >= 15 is 0 Å². The maximum absolute atomic E-state index is 12.6.